The number of imidazole rings is 1. The van der Waals surface area contributed by atoms with E-state index in [9.17, 15) is 4.79 Å². The predicted molar refractivity (Wildman–Crippen MR) is 68.9 cm³/mol. The lowest BCUT2D eigenvalue weighted by molar-refractivity contribution is 0.0705. The number of amides is 1. The molecule has 3 rings (SSSR count). The van der Waals surface area contributed by atoms with E-state index in [0.29, 0.717) is 18.7 Å². The molecule has 1 aromatic carbocycles. The number of H-pyrrole nitrogens is 1. The smallest absolute Gasteiger partial charge is 0.274 e. The summed E-state index contributed by atoms with van der Waals surface area (Å²) in [5, 5.41) is 8.77. The molecule has 1 amide bonds. The van der Waals surface area contributed by atoms with E-state index in [2.05, 4.69) is 14.9 Å². The first kappa shape index (κ1) is 11.7. The van der Waals surface area contributed by atoms with E-state index in [1.807, 2.05) is 19.1 Å². The van der Waals surface area contributed by atoms with E-state index in [0.717, 1.165) is 22.8 Å². The molecule has 6 heteroatoms. The first-order valence-corrected chi connectivity index (χ1v) is 6.01. The normalized spacial score (nSPS) is 13.5. The number of rotatable bonds is 2. The van der Waals surface area contributed by atoms with Crippen LogP contribution in [-0.2, 0) is 13.1 Å². The Morgan fingerprint density at radius 2 is 2.32 bits per heavy atom. The minimum Gasteiger partial charge on any atom is -0.334 e. The van der Waals surface area contributed by atoms with Crippen LogP contribution in [0.2, 0.25) is 0 Å². The number of nitrogens with one attached hydrogen (secondary N) is 2. The van der Waals surface area contributed by atoms with E-state index in [-0.39, 0.29) is 0 Å². The fraction of sp³-hybridized carbons (Fsp3) is 0.231. The Morgan fingerprint density at radius 1 is 1.47 bits per heavy atom. The second-order valence-corrected chi connectivity index (χ2v) is 4.63. The zero-order valence-electron chi connectivity index (χ0n) is 10.5. The first-order valence-electron chi connectivity index (χ1n) is 6.01. The molecule has 6 nitrogen and oxygen atoms in total. The van der Waals surface area contributed by atoms with E-state index in [1.165, 1.54) is 0 Å². The summed E-state index contributed by atoms with van der Waals surface area (Å²) < 4.78 is 0. The number of hydroxylamine groups is 1. The highest BCUT2D eigenvalue weighted by Gasteiger charge is 2.25. The van der Waals surface area contributed by atoms with Crippen LogP contribution in [0.5, 0.6) is 0 Å². The van der Waals surface area contributed by atoms with Crippen LogP contribution in [0.1, 0.15) is 27.2 Å². The number of fused-ring (bicyclic) bond motifs is 1. The lowest BCUT2D eigenvalue weighted by Gasteiger charge is -2.13. The number of benzene rings is 1. The van der Waals surface area contributed by atoms with E-state index in [1.54, 1.807) is 17.7 Å². The van der Waals surface area contributed by atoms with Crippen LogP contribution < -0.4 is 10.4 Å². The van der Waals surface area contributed by atoms with Gasteiger partial charge in [0.1, 0.15) is 0 Å². The van der Waals surface area contributed by atoms with Gasteiger partial charge in [0, 0.05) is 30.5 Å². The molecule has 0 spiro atoms. The average molecular weight is 258 g/mol. The van der Waals surface area contributed by atoms with Gasteiger partial charge in [0.25, 0.3) is 5.91 Å². The third kappa shape index (κ3) is 1.96. The van der Waals surface area contributed by atoms with Gasteiger partial charge in [-0.3, -0.25) is 10.0 Å². The fourth-order valence-electron chi connectivity index (χ4n) is 2.40. The van der Waals surface area contributed by atoms with Gasteiger partial charge in [0.15, 0.2) is 0 Å². The van der Waals surface area contributed by atoms with Crippen molar-refractivity contribution in [1.29, 1.82) is 0 Å². The van der Waals surface area contributed by atoms with Gasteiger partial charge in [-0.2, -0.15) is 0 Å². The maximum absolute atomic E-state index is 11.6. The van der Waals surface area contributed by atoms with Crippen molar-refractivity contribution in [2.45, 2.75) is 20.0 Å². The number of hydrogen-bond acceptors (Lipinski definition) is 4. The topological polar surface area (TPSA) is 81.2 Å². The van der Waals surface area contributed by atoms with Crippen LogP contribution >= 0.6 is 0 Å². The summed E-state index contributed by atoms with van der Waals surface area (Å²) in [6.07, 6.45) is 1.78. The van der Waals surface area contributed by atoms with Crippen molar-refractivity contribution in [2.75, 3.05) is 4.90 Å². The molecule has 98 valence electrons. The van der Waals surface area contributed by atoms with Gasteiger partial charge >= 0.3 is 0 Å². The quantitative estimate of drug-likeness (QED) is 0.561. The van der Waals surface area contributed by atoms with Crippen LogP contribution in [-0.4, -0.2) is 21.1 Å². The summed E-state index contributed by atoms with van der Waals surface area (Å²) in [7, 11) is 0. The second kappa shape index (κ2) is 4.40. The number of aromatic amines is 1. The Hall–Kier alpha value is -2.34. The zero-order chi connectivity index (χ0) is 13.4. The van der Waals surface area contributed by atoms with E-state index >= 15 is 0 Å². The highest BCUT2D eigenvalue weighted by Crippen LogP contribution is 2.28. The van der Waals surface area contributed by atoms with Crippen molar-refractivity contribution in [2.24, 2.45) is 0 Å². The third-order valence-electron chi connectivity index (χ3n) is 3.32. The molecule has 2 heterocycles. The molecule has 0 saturated carbocycles. The number of carbonyl (C=O) groups excluding carboxylic acids is 1. The highest BCUT2D eigenvalue weighted by atomic mass is 16.5. The summed E-state index contributed by atoms with van der Waals surface area (Å²) in [6.45, 7) is 3.26. The number of nitrogens with zero attached hydrogens (tertiary/aromatic N) is 2. The van der Waals surface area contributed by atoms with Crippen molar-refractivity contribution >= 4 is 11.9 Å². The summed E-state index contributed by atoms with van der Waals surface area (Å²) in [5.74, 6) is 0.318. The van der Waals surface area contributed by atoms with E-state index < -0.39 is 5.91 Å². The molecule has 19 heavy (non-hydrogen) atoms. The van der Waals surface area contributed by atoms with Crippen molar-refractivity contribution < 1.29 is 10.0 Å². The average Bonchev–Trinajstić information content (AvgIpc) is 3.02. The molecule has 0 bridgehead atoms. The second-order valence-electron chi connectivity index (χ2n) is 4.63. The standard InChI is InChI=1S/C13H14N4O2/c1-8-5-14-13(15-8)17-6-9-3-2-4-10(11(9)7-17)12(18)16-19/h2-5,19H,6-7H2,1H3,(H,14,15)(H,16,18). The Balaban J connectivity index is 1.94. The largest absolute Gasteiger partial charge is 0.334 e. The van der Waals surface area contributed by atoms with Crippen LogP contribution in [0.4, 0.5) is 5.95 Å². The Kier molecular flexibility index (Phi) is 2.72. The number of carbonyl (C=O) groups is 1. The van der Waals surface area contributed by atoms with Gasteiger partial charge in [-0.1, -0.05) is 12.1 Å². The molecule has 0 atom stereocenters. The molecule has 1 aliphatic heterocycles. The van der Waals surface area contributed by atoms with Gasteiger partial charge in [-0.05, 0) is 24.1 Å². The molecule has 3 N–H and O–H groups in total. The van der Waals surface area contributed by atoms with Crippen LogP contribution in [0, 0.1) is 6.92 Å². The molecule has 0 radical (unpaired) electrons. The molecule has 2 aromatic rings. The van der Waals surface area contributed by atoms with Crippen LogP contribution in [0.25, 0.3) is 0 Å². The molecular weight excluding hydrogens is 244 g/mol. The van der Waals surface area contributed by atoms with Gasteiger partial charge < -0.3 is 9.88 Å². The molecular formula is C13H14N4O2. The maximum Gasteiger partial charge on any atom is 0.274 e. The zero-order valence-corrected chi connectivity index (χ0v) is 10.5. The van der Waals surface area contributed by atoms with Crippen molar-refractivity contribution in [3.8, 4) is 0 Å². The molecule has 0 fully saturated rings. The van der Waals surface area contributed by atoms with Gasteiger partial charge in [0.05, 0.1) is 0 Å². The summed E-state index contributed by atoms with van der Waals surface area (Å²) in [4.78, 5) is 21.2. The SMILES string of the molecule is Cc1cnc(N2Cc3cccc(C(=O)NO)c3C2)[nH]1. The third-order valence-corrected chi connectivity index (χ3v) is 3.32. The van der Waals surface area contributed by atoms with Gasteiger partial charge in [0.2, 0.25) is 5.95 Å². The molecule has 0 aliphatic carbocycles. The highest BCUT2D eigenvalue weighted by molar-refractivity contribution is 5.95. The van der Waals surface area contributed by atoms with Crippen LogP contribution in [0.3, 0.4) is 0 Å². The Labute approximate surface area is 110 Å². The number of aromatic nitrogens is 2. The minimum absolute atomic E-state index is 0.477. The molecule has 1 aliphatic rings. The minimum atomic E-state index is -0.477. The number of anilines is 1. The van der Waals surface area contributed by atoms with Gasteiger partial charge in [-0.15, -0.1) is 0 Å². The number of aryl methyl sites for hydroxylation is 1. The Bertz CT molecular complexity index is 635. The monoisotopic (exact) mass is 258 g/mol. The summed E-state index contributed by atoms with van der Waals surface area (Å²) >= 11 is 0. The maximum atomic E-state index is 11.6. The van der Waals surface area contributed by atoms with Gasteiger partial charge in [-0.25, -0.2) is 10.5 Å². The van der Waals surface area contributed by atoms with Crippen molar-refractivity contribution in [3.05, 3.63) is 46.8 Å². The first-order chi connectivity index (χ1) is 9.19. The lowest BCUT2D eigenvalue weighted by atomic mass is 10.0. The summed E-state index contributed by atoms with van der Waals surface area (Å²) in [5.41, 5.74) is 5.21. The van der Waals surface area contributed by atoms with Crippen LogP contribution in [0.15, 0.2) is 24.4 Å². The Morgan fingerprint density at radius 3 is 3.00 bits per heavy atom. The van der Waals surface area contributed by atoms with E-state index in [4.69, 9.17) is 5.21 Å². The predicted octanol–water partition coefficient (Wildman–Crippen LogP) is 1.36. The van der Waals surface area contributed by atoms with Crippen molar-refractivity contribution in [1.82, 2.24) is 15.4 Å². The van der Waals surface area contributed by atoms with Crippen molar-refractivity contribution in [3.63, 3.8) is 0 Å². The molecule has 0 saturated heterocycles. The fourth-order valence-corrected chi connectivity index (χ4v) is 2.40. The molecule has 1 aromatic heterocycles. The molecule has 0 unspecified atom stereocenters. The lowest BCUT2D eigenvalue weighted by Crippen LogP contribution is -2.21. The number of hydrogen-bond donors (Lipinski definition) is 3. The summed E-state index contributed by atoms with van der Waals surface area (Å²) in [6, 6.07) is 5.51.